The Morgan fingerprint density at radius 1 is 1.52 bits per heavy atom. The van der Waals surface area contributed by atoms with E-state index in [0.717, 1.165) is 18.4 Å². The first kappa shape index (κ1) is 19.7. The standard InChI is InChI=1S/C17H21N5O3S2/c1-3-22-14-7-6-12(27(19,24)25)8-13(14)20-16(22)26-9-15(23)21-17(2,10-18)11-4-5-11/h6-8,11H,3-5,9H2,1-2H3,(H,21,23)(H2,19,24,25)/t17-/m0/s1. The molecule has 0 bridgehead atoms. The number of nitriles is 1. The number of nitrogens with zero attached hydrogens (tertiary/aromatic N) is 3. The molecule has 0 unspecified atom stereocenters. The van der Waals surface area contributed by atoms with E-state index in [2.05, 4.69) is 16.4 Å². The largest absolute Gasteiger partial charge is 0.337 e. The van der Waals surface area contributed by atoms with E-state index in [4.69, 9.17) is 5.14 Å². The molecule has 1 saturated carbocycles. The van der Waals surface area contributed by atoms with Gasteiger partial charge in [-0.1, -0.05) is 11.8 Å². The number of nitrogens with two attached hydrogens (primary N) is 1. The van der Waals surface area contributed by atoms with Gasteiger partial charge in [0.15, 0.2) is 5.16 Å². The van der Waals surface area contributed by atoms with Crippen LogP contribution in [-0.4, -0.2) is 35.2 Å². The van der Waals surface area contributed by atoms with Gasteiger partial charge in [-0.15, -0.1) is 0 Å². The minimum Gasteiger partial charge on any atom is -0.337 e. The molecule has 1 heterocycles. The maximum absolute atomic E-state index is 12.3. The first-order valence-corrected chi connectivity index (χ1v) is 11.1. The number of sulfonamides is 1. The molecule has 3 rings (SSSR count). The Morgan fingerprint density at radius 3 is 2.78 bits per heavy atom. The fourth-order valence-corrected chi connectivity index (χ4v) is 4.43. The van der Waals surface area contributed by atoms with Crippen molar-refractivity contribution in [3.63, 3.8) is 0 Å². The topological polar surface area (TPSA) is 131 Å². The molecule has 1 aromatic heterocycles. The molecule has 0 aliphatic heterocycles. The third-order valence-corrected chi connectivity index (χ3v) is 6.57. The number of fused-ring (bicyclic) bond motifs is 1. The number of amides is 1. The summed E-state index contributed by atoms with van der Waals surface area (Å²) in [5.74, 6) is 0.110. The number of benzene rings is 1. The number of primary sulfonamides is 1. The van der Waals surface area contributed by atoms with Gasteiger partial charge < -0.3 is 9.88 Å². The van der Waals surface area contributed by atoms with Crippen LogP contribution >= 0.6 is 11.8 Å². The van der Waals surface area contributed by atoms with Crippen LogP contribution in [0.25, 0.3) is 11.0 Å². The van der Waals surface area contributed by atoms with Crippen LogP contribution in [0, 0.1) is 17.2 Å². The Balaban J connectivity index is 1.78. The highest BCUT2D eigenvalue weighted by Crippen LogP contribution is 2.39. The van der Waals surface area contributed by atoms with Gasteiger partial charge in [-0.05, 0) is 50.8 Å². The van der Waals surface area contributed by atoms with Gasteiger partial charge in [0, 0.05) is 6.54 Å². The van der Waals surface area contributed by atoms with Crippen LogP contribution in [0.4, 0.5) is 0 Å². The SMILES string of the molecule is CCn1c(SCC(=O)N[C@@](C)(C#N)C2CC2)nc2cc(S(N)(=O)=O)ccc21. The van der Waals surface area contributed by atoms with Crippen LogP contribution in [0.3, 0.4) is 0 Å². The van der Waals surface area contributed by atoms with Crippen LogP contribution < -0.4 is 10.5 Å². The monoisotopic (exact) mass is 407 g/mol. The summed E-state index contributed by atoms with van der Waals surface area (Å²) in [6.07, 6.45) is 1.91. The number of hydrogen-bond acceptors (Lipinski definition) is 6. The highest BCUT2D eigenvalue weighted by Gasteiger charge is 2.42. The van der Waals surface area contributed by atoms with Crippen molar-refractivity contribution in [3.8, 4) is 6.07 Å². The molecule has 3 N–H and O–H groups in total. The van der Waals surface area contributed by atoms with E-state index in [1.54, 1.807) is 13.0 Å². The lowest BCUT2D eigenvalue weighted by Gasteiger charge is -2.22. The van der Waals surface area contributed by atoms with Crippen LogP contribution in [-0.2, 0) is 21.4 Å². The van der Waals surface area contributed by atoms with Crippen molar-refractivity contribution in [1.29, 1.82) is 5.26 Å². The average molecular weight is 408 g/mol. The van der Waals surface area contributed by atoms with Crippen molar-refractivity contribution in [2.24, 2.45) is 11.1 Å². The van der Waals surface area contributed by atoms with Gasteiger partial charge in [0.2, 0.25) is 15.9 Å². The number of rotatable bonds is 7. The van der Waals surface area contributed by atoms with Crippen LogP contribution in [0.1, 0.15) is 26.7 Å². The number of imidazole rings is 1. The molecule has 10 heteroatoms. The molecular weight excluding hydrogens is 386 g/mol. The molecule has 8 nitrogen and oxygen atoms in total. The maximum Gasteiger partial charge on any atom is 0.238 e. The highest BCUT2D eigenvalue weighted by atomic mass is 32.2. The molecule has 144 valence electrons. The lowest BCUT2D eigenvalue weighted by atomic mass is 9.98. The number of thioether (sulfide) groups is 1. The van der Waals surface area contributed by atoms with Gasteiger partial charge in [0.25, 0.3) is 0 Å². The number of aryl methyl sites for hydroxylation is 1. The normalized spacial score (nSPS) is 16.7. The third-order valence-electron chi connectivity index (χ3n) is 4.69. The summed E-state index contributed by atoms with van der Waals surface area (Å²) >= 11 is 1.25. The Labute approximate surface area is 162 Å². The summed E-state index contributed by atoms with van der Waals surface area (Å²) in [7, 11) is -3.81. The second-order valence-electron chi connectivity index (χ2n) is 6.76. The molecule has 1 aromatic carbocycles. The number of aromatic nitrogens is 2. The van der Waals surface area contributed by atoms with E-state index in [-0.39, 0.29) is 22.5 Å². The Kier molecular flexibility index (Phi) is 5.20. The van der Waals surface area contributed by atoms with E-state index in [0.29, 0.717) is 17.2 Å². The predicted octanol–water partition coefficient (Wildman–Crippen LogP) is 1.60. The minimum atomic E-state index is -3.81. The number of nitrogens with one attached hydrogen (secondary N) is 1. The van der Waals surface area contributed by atoms with Crippen molar-refractivity contribution < 1.29 is 13.2 Å². The van der Waals surface area contributed by atoms with Crippen LogP contribution in [0.2, 0.25) is 0 Å². The average Bonchev–Trinajstić information content (AvgIpc) is 3.40. The van der Waals surface area contributed by atoms with Gasteiger partial charge in [0.05, 0.1) is 27.8 Å². The van der Waals surface area contributed by atoms with Gasteiger partial charge in [-0.2, -0.15) is 5.26 Å². The molecule has 1 fully saturated rings. The summed E-state index contributed by atoms with van der Waals surface area (Å²) in [6.45, 7) is 4.31. The summed E-state index contributed by atoms with van der Waals surface area (Å²) in [5, 5.41) is 18.0. The van der Waals surface area contributed by atoms with Crippen molar-refractivity contribution in [1.82, 2.24) is 14.9 Å². The quantitative estimate of drug-likeness (QED) is 0.670. The van der Waals surface area contributed by atoms with Gasteiger partial charge >= 0.3 is 0 Å². The first-order chi connectivity index (χ1) is 12.7. The van der Waals surface area contributed by atoms with E-state index >= 15 is 0 Å². The molecular formula is C17H21N5O3S2. The molecule has 1 aliphatic rings. The molecule has 2 aromatic rings. The second kappa shape index (κ2) is 7.14. The Bertz CT molecular complexity index is 1040. The number of hydrogen-bond donors (Lipinski definition) is 2. The molecule has 0 radical (unpaired) electrons. The maximum atomic E-state index is 12.3. The molecule has 1 amide bonds. The Hall–Kier alpha value is -2.09. The van der Waals surface area contributed by atoms with Crippen LogP contribution in [0.5, 0.6) is 0 Å². The zero-order chi connectivity index (χ0) is 19.8. The zero-order valence-corrected chi connectivity index (χ0v) is 16.7. The fourth-order valence-electron chi connectivity index (χ4n) is 3.02. The molecule has 1 aliphatic carbocycles. The summed E-state index contributed by atoms with van der Waals surface area (Å²) in [5.41, 5.74) is 0.450. The second-order valence-corrected chi connectivity index (χ2v) is 9.26. The highest BCUT2D eigenvalue weighted by molar-refractivity contribution is 7.99. The van der Waals surface area contributed by atoms with E-state index in [1.807, 2.05) is 11.5 Å². The Morgan fingerprint density at radius 2 is 2.22 bits per heavy atom. The van der Waals surface area contributed by atoms with Gasteiger partial charge in [-0.25, -0.2) is 18.5 Å². The lowest BCUT2D eigenvalue weighted by Crippen LogP contribution is -2.47. The smallest absolute Gasteiger partial charge is 0.238 e. The van der Waals surface area contributed by atoms with Gasteiger partial charge in [0.1, 0.15) is 5.54 Å². The summed E-state index contributed by atoms with van der Waals surface area (Å²) < 4.78 is 25.0. The minimum absolute atomic E-state index is 0.000679. The number of carbonyl (C=O) groups excluding carboxylic acids is 1. The molecule has 0 saturated heterocycles. The van der Waals surface area contributed by atoms with E-state index in [1.165, 1.54) is 23.9 Å². The molecule has 27 heavy (non-hydrogen) atoms. The summed E-state index contributed by atoms with van der Waals surface area (Å²) in [4.78, 5) is 16.8. The third kappa shape index (κ3) is 4.10. The van der Waals surface area contributed by atoms with Gasteiger partial charge in [-0.3, -0.25) is 4.79 Å². The summed E-state index contributed by atoms with van der Waals surface area (Å²) in [6, 6.07) is 6.74. The van der Waals surface area contributed by atoms with Crippen molar-refractivity contribution in [2.45, 2.75) is 48.8 Å². The molecule has 1 atom stereocenters. The predicted molar refractivity (Wildman–Crippen MR) is 102 cm³/mol. The zero-order valence-electron chi connectivity index (χ0n) is 15.1. The first-order valence-electron chi connectivity index (χ1n) is 8.56. The van der Waals surface area contributed by atoms with Crippen LogP contribution in [0.15, 0.2) is 28.3 Å². The molecule has 0 spiro atoms. The fraction of sp³-hybridized carbons (Fsp3) is 0.471. The van der Waals surface area contributed by atoms with E-state index in [9.17, 15) is 18.5 Å². The van der Waals surface area contributed by atoms with E-state index < -0.39 is 15.6 Å². The van der Waals surface area contributed by atoms with Crippen molar-refractivity contribution in [2.75, 3.05) is 5.75 Å². The number of carbonyl (C=O) groups is 1. The van der Waals surface area contributed by atoms with Crippen molar-refractivity contribution in [3.05, 3.63) is 18.2 Å². The van der Waals surface area contributed by atoms with Crippen molar-refractivity contribution >= 4 is 38.7 Å². The lowest BCUT2D eigenvalue weighted by molar-refractivity contribution is -0.119.